The molecule has 0 saturated carbocycles. The number of pyridine rings is 1. The van der Waals surface area contributed by atoms with Gasteiger partial charge in [-0.2, -0.15) is 0 Å². The number of aromatic carboxylic acids is 1. The normalized spacial score (nSPS) is 12.8. The Hall–Kier alpha value is -1.96. The monoisotopic (exact) mass is 340 g/mol. The highest BCUT2D eigenvalue weighted by molar-refractivity contribution is 7.89. The third-order valence-corrected chi connectivity index (χ3v) is 5.03. The molecule has 1 unspecified atom stereocenters. The molecule has 2 aromatic rings. The van der Waals surface area contributed by atoms with Crippen molar-refractivity contribution in [1.82, 2.24) is 9.71 Å². The number of halogens is 1. The summed E-state index contributed by atoms with van der Waals surface area (Å²) in [6.07, 6.45) is 3.11. The molecule has 0 saturated heterocycles. The van der Waals surface area contributed by atoms with Crippen molar-refractivity contribution in [3.8, 4) is 0 Å². The van der Waals surface area contributed by atoms with E-state index in [0.717, 1.165) is 11.6 Å². The molecule has 0 spiro atoms. The van der Waals surface area contributed by atoms with Gasteiger partial charge in [0, 0.05) is 18.4 Å². The van der Waals surface area contributed by atoms with E-state index in [0.29, 0.717) is 0 Å². The SMILES string of the molecule is CC(NS(=O)(=O)c1cc(C(=O)O)ccc1Cl)c1ccncc1. The van der Waals surface area contributed by atoms with Crippen molar-refractivity contribution in [3.63, 3.8) is 0 Å². The fourth-order valence-corrected chi connectivity index (χ4v) is 3.62. The van der Waals surface area contributed by atoms with Crippen LogP contribution in [0.5, 0.6) is 0 Å². The highest BCUT2D eigenvalue weighted by atomic mass is 35.5. The fraction of sp³-hybridized carbons (Fsp3) is 0.143. The first-order valence-electron chi connectivity index (χ1n) is 6.26. The molecule has 0 aliphatic rings. The predicted molar refractivity (Wildman–Crippen MR) is 81.4 cm³/mol. The van der Waals surface area contributed by atoms with Crippen LogP contribution in [-0.4, -0.2) is 24.5 Å². The summed E-state index contributed by atoms with van der Waals surface area (Å²) >= 11 is 5.89. The molecule has 0 amide bonds. The Morgan fingerprint density at radius 1 is 1.27 bits per heavy atom. The fourth-order valence-electron chi connectivity index (χ4n) is 1.86. The zero-order valence-corrected chi connectivity index (χ0v) is 13.1. The summed E-state index contributed by atoms with van der Waals surface area (Å²) in [7, 11) is -3.96. The lowest BCUT2D eigenvalue weighted by Crippen LogP contribution is -2.27. The van der Waals surface area contributed by atoms with E-state index in [1.165, 1.54) is 12.1 Å². The Balaban J connectivity index is 2.35. The van der Waals surface area contributed by atoms with Crippen LogP contribution in [0.4, 0.5) is 0 Å². The van der Waals surface area contributed by atoms with Gasteiger partial charge in [-0.1, -0.05) is 11.6 Å². The van der Waals surface area contributed by atoms with Gasteiger partial charge >= 0.3 is 5.97 Å². The topological polar surface area (TPSA) is 96.4 Å². The van der Waals surface area contributed by atoms with Crippen molar-refractivity contribution < 1.29 is 18.3 Å². The molecule has 1 atom stereocenters. The molecule has 0 bridgehead atoms. The molecular weight excluding hydrogens is 328 g/mol. The van der Waals surface area contributed by atoms with Gasteiger partial charge in [0.2, 0.25) is 10.0 Å². The first-order valence-corrected chi connectivity index (χ1v) is 8.12. The molecular formula is C14H13ClN2O4S. The Labute approximate surface area is 132 Å². The maximum absolute atomic E-state index is 12.4. The van der Waals surface area contributed by atoms with Crippen LogP contribution in [0.25, 0.3) is 0 Å². The predicted octanol–water partition coefficient (Wildman–Crippen LogP) is 2.47. The summed E-state index contributed by atoms with van der Waals surface area (Å²) in [6, 6.07) is 6.38. The van der Waals surface area contributed by atoms with E-state index in [2.05, 4.69) is 9.71 Å². The highest BCUT2D eigenvalue weighted by Crippen LogP contribution is 2.24. The van der Waals surface area contributed by atoms with Gasteiger partial charge in [0.05, 0.1) is 10.6 Å². The number of nitrogens with zero attached hydrogens (tertiary/aromatic N) is 1. The summed E-state index contributed by atoms with van der Waals surface area (Å²) in [5, 5.41) is 8.92. The largest absolute Gasteiger partial charge is 0.478 e. The van der Waals surface area contributed by atoms with Gasteiger partial charge in [-0.25, -0.2) is 17.9 Å². The van der Waals surface area contributed by atoms with Crippen molar-refractivity contribution in [2.24, 2.45) is 0 Å². The molecule has 116 valence electrons. The number of carboxylic acid groups (broad SMARTS) is 1. The van der Waals surface area contributed by atoms with Gasteiger partial charge in [0.15, 0.2) is 0 Å². The van der Waals surface area contributed by atoms with Crippen molar-refractivity contribution in [3.05, 3.63) is 58.9 Å². The van der Waals surface area contributed by atoms with Crippen LogP contribution < -0.4 is 4.72 Å². The standard InChI is InChI=1S/C14H13ClN2O4S/c1-9(10-4-6-16-7-5-10)17-22(20,21)13-8-11(14(18)19)2-3-12(13)15/h2-9,17H,1H3,(H,18,19). The van der Waals surface area contributed by atoms with E-state index in [-0.39, 0.29) is 15.5 Å². The van der Waals surface area contributed by atoms with Gasteiger partial charge in [0.1, 0.15) is 4.90 Å². The van der Waals surface area contributed by atoms with Crippen LogP contribution in [0.1, 0.15) is 28.9 Å². The van der Waals surface area contributed by atoms with Gasteiger partial charge in [0.25, 0.3) is 0 Å². The van der Waals surface area contributed by atoms with Crippen LogP contribution >= 0.6 is 11.6 Å². The van der Waals surface area contributed by atoms with E-state index in [9.17, 15) is 13.2 Å². The number of benzene rings is 1. The molecule has 1 aromatic carbocycles. The molecule has 2 rings (SSSR count). The van der Waals surface area contributed by atoms with Crippen molar-refractivity contribution in [1.29, 1.82) is 0 Å². The Kier molecular flexibility index (Phi) is 4.80. The minimum Gasteiger partial charge on any atom is -0.478 e. The number of aromatic nitrogens is 1. The summed E-state index contributed by atoms with van der Waals surface area (Å²) in [4.78, 5) is 14.6. The third kappa shape index (κ3) is 3.62. The van der Waals surface area contributed by atoms with Gasteiger partial charge in [-0.3, -0.25) is 4.98 Å². The Bertz CT molecular complexity index is 794. The van der Waals surface area contributed by atoms with Crippen LogP contribution in [0.2, 0.25) is 5.02 Å². The summed E-state index contributed by atoms with van der Waals surface area (Å²) in [5.74, 6) is -1.23. The van der Waals surface area contributed by atoms with E-state index in [1.54, 1.807) is 31.5 Å². The van der Waals surface area contributed by atoms with E-state index in [1.807, 2.05) is 0 Å². The van der Waals surface area contributed by atoms with Crippen molar-refractivity contribution in [2.75, 3.05) is 0 Å². The van der Waals surface area contributed by atoms with Gasteiger partial charge in [-0.15, -0.1) is 0 Å². The first kappa shape index (κ1) is 16.4. The van der Waals surface area contributed by atoms with Gasteiger partial charge < -0.3 is 5.11 Å². The number of rotatable bonds is 5. The molecule has 0 aliphatic heterocycles. The second-order valence-corrected chi connectivity index (χ2v) is 6.66. The first-order chi connectivity index (χ1) is 10.3. The molecule has 1 heterocycles. The average Bonchev–Trinajstić information content (AvgIpc) is 2.47. The zero-order valence-electron chi connectivity index (χ0n) is 11.5. The third-order valence-electron chi connectivity index (χ3n) is 3.01. The number of carbonyl (C=O) groups is 1. The molecule has 2 N–H and O–H groups in total. The summed E-state index contributed by atoms with van der Waals surface area (Å²) in [6.45, 7) is 1.67. The van der Waals surface area contributed by atoms with Gasteiger partial charge in [-0.05, 0) is 42.8 Å². The number of hydrogen-bond donors (Lipinski definition) is 2. The smallest absolute Gasteiger partial charge is 0.335 e. The summed E-state index contributed by atoms with van der Waals surface area (Å²) < 4.78 is 27.3. The minimum atomic E-state index is -3.96. The average molecular weight is 341 g/mol. The lowest BCUT2D eigenvalue weighted by Gasteiger charge is -2.15. The number of nitrogens with one attached hydrogen (secondary N) is 1. The zero-order chi connectivity index (χ0) is 16.3. The second kappa shape index (κ2) is 6.43. The van der Waals surface area contributed by atoms with E-state index in [4.69, 9.17) is 16.7 Å². The van der Waals surface area contributed by atoms with Crippen LogP contribution in [0.3, 0.4) is 0 Å². The van der Waals surface area contributed by atoms with E-state index < -0.39 is 22.0 Å². The second-order valence-electron chi connectivity index (χ2n) is 4.57. The number of carboxylic acids is 1. The quantitative estimate of drug-likeness (QED) is 0.871. The molecule has 22 heavy (non-hydrogen) atoms. The van der Waals surface area contributed by atoms with Crippen LogP contribution in [0.15, 0.2) is 47.6 Å². The number of hydrogen-bond acceptors (Lipinski definition) is 4. The minimum absolute atomic E-state index is 0.0422. The van der Waals surface area contributed by atoms with Crippen LogP contribution in [-0.2, 0) is 10.0 Å². The molecule has 0 aliphatic carbocycles. The lowest BCUT2D eigenvalue weighted by atomic mass is 10.1. The van der Waals surface area contributed by atoms with Crippen molar-refractivity contribution >= 4 is 27.6 Å². The highest BCUT2D eigenvalue weighted by Gasteiger charge is 2.22. The Morgan fingerprint density at radius 3 is 2.50 bits per heavy atom. The number of sulfonamides is 1. The maximum atomic E-state index is 12.4. The maximum Gasteiger partial charge on any atom is 0.335 e. The molecule has 1 aromatic heterocycles. The molecule has 8 heteroatoms. The lowest BCUT2D eigenvalue weighted by molar-refractivity contribution is 0.0696. The summed E-state index contributed by atoms with van der Waals surface area (Å²) in [5.41, 5.74) is 0.574. The van der Waals surface area contributed by atoms with Crippen molar-refractivity contribution in [2.45, 2.75) is 17.9 Å². The Morgan fingerprint density at radius 2 is 1.91 bits per heavy atom. The van der Waals surface area contributed by atoms with Crippen LogP contribution in [0, 0.1) is 0 Å². The molecule has 0 radical (unpaired) electrons. The van der Waals surface area contributed by atoms with E-state index >= 15 is 0 Å². The molecule has 0 fully saturated rings. The molecule has 6 nitrogen and oxygen atoms in total.